The molecule has 0 spiro atoms. The van der Waals surface area contributed by atoms with Crippen LogP contribution < -0.4 is 19.9 Å². The molecule has 9 heteroatoms. The molecule has 1 aliphatic heterocycles. The van der Waals surface area contributed by atoms with Crippen molar-refractivity contribution in [2.24, 2.45) is 0 Å². The third kappa shape index (κ3) is 7.30. The van der Waals surface area contributed by atoms with Gasteiger partial charge in [0, 0.05) is 79.8 Å². The van der Waals surface area contributed by atoms with Crippen LogP contribution in [-0.2, 0) is 12.2 Å². The molecule has 1 N–H and O–H groups in total. The zero-order chi connectivity index (χ0) is 27.7. The number of ether oxygens (including phenoxy) is 1. The molecule has 2 aromatic heterocycles. The lowest BCUT2D eigenvalue weighted by Crippen LogP contribution is -2.46. The number of hydrogen-bond acceptors (Lipinski definition) is 8. The molecule has 1 amide bonds. The first kappa shape index (κ1) is 27.5. The van der Waals surface area contributed by atoms with Crippen LogP contribution in [0.25, 0.3) is 0 Å². The number of pyridine rings is 1. The molecule has 0 bridgehead atoms. The minimum Gasteiger partial charge on any atom is -0.497 e. The summed E-state index contributed by atoms with van der Waals surface area (Å²) in [7, 11) is 1.69. The minimum absolute atomic E-state index is 0.0781. The van der Waals surface area contributed by atoms with Crippen LogP contribution in [-0.4, -0.2) is 60.7 Å². The van der Waals surface area contributed by atoms with E-state index in [-0.39, 0.29) is 5.91 Å². The number of carbonyl (C=O) groups is 1. The predicted octanol–water partition coefficient (Wildman–Crippen LogP) is 4.78. The first-order chi connectivity index (χ1) is 19.6. The maximum absolute atomic E-state index is 12.7. The summed E-state index contributed by atoms with van der Waals surface area (Å²) in [6.07, 6.45) is 2.47. The molecule has 1 saturated heterocycles. The summed E-state index contributed by atoms with van der Waals surface area (Å²) in [4.78, 5) is 31.3. The molecule has 3 heterocycles. The molecular formula is C31H34N6O2S. The van der Waals surface area contributed by atoms with Crippen molar-refractivity contribution in [1.82, 2.24) is 20.3 Å². The van der Waals surface area contributed by atoms with E-state index in [2.05, 4.69) is 43.3 Å². The number of aromatic nitrogens is 3. The zero-order valence-electron chi connectivity index (χ0n) is 22.9. The van der Waals surface area contributed by atoms with E-state index in [9.17, 15) is 4.79 Å². The van der Waals surface area contributed by atoms with Gasteiger partial charge < -0.3 is 19.9 Å². The van der Waals surface area contributed by atoms with Gasteiger partial charge >= 0.3 is 0 Å². The van der Waals surface area contributed by atoms with Crippen LogP contribution in [0.1, 0.15) is 27.3 Å². The van der Waals surface area contributed by atoms with Gasteiger partial charge in [-0.15, -0.1) is 0 Å². The molecule has 40 heavy (non-hydrogen) atoms. The number of nitrogens with zero attached hydrogens (tertiary/aromatic N) is 5. The van der Waals surface area contributed by atoms with E-state index in [0.29, 0.717) is 24.3 Å². The van der Waals surface area contributed by atoms with Crippen molar-refractivity contribution >= 4 is 29.2 Å². The van der Waals surface area contributed by atoms with Crippen molar-refractivity contribution in [3.63, 3.8) is 0 Å². The van der Waals surface area contributed by atoms with Crippen LogP contribution in [0.2, 0.25) is 0 Å². The zero-order valence-corrected chi connectivity index (χ0v) is 23.7. The molecule has 0 unspecified atom stereocenters. The summed E-state index contributed by atoms with van der Waals surface area (Å²) in [5, 5.41) is 3.74. The fraction of sp³-hybridized carbons (Fsp3) is 0.290. The lowest BCUT2D eigenvalue weighted by atomic mass is 10.1. The van der Waals surface area contributed by atoms with Gasteiger partial charge in [-0.05, 0) is 61.0 Å². The molecule has 206 valence electrons. The lowest BCUT2D eigenvalue weighted by molar-refractivity contribution is 0.0954. The molecule has 0 atom stereocenters. The SMILES string of the molecule is COc1ccc(N2CCN(c3cc(C)nc(SCc4cccc(C(=O)NCCc5ccccn5)c4)n3)CC2)cc1. The number of anilines is 2. The van der Waals surface area contributed by atoms with E-state index >= 15 is 0 Å². The molecule has 5 rings (SSSR count). The second-order valence-electron chi connectivity index (χ2n) is 9.64. The van der Waals surface area contributed by atoms with E-state index in [1.807, 2.05) is 61.5 Å². The predicted molar refractivity (Wildman–Crippen MR) is 160 cm³/mol. The van der Waals surface area contributed by atoms with Crippen molar-refractivity contribution in [2.75, 3.05) is 49.6 Å². The Morgan fingerprint density at radius 3 is 2.50 bits per heavy atom. The van der Waals surface area contributed by atoms with Gasteiger partial charge in [0.1, 0.15) is 11.6 Å². The Morgan fingerprint density at radius 1 is 0.950 bits per heavy atom. The fourth-order valence-corrected chi connectivity index (χ4v) is 5.48. The van der Waals surface area contributed by atoms with E-state index in [0.717, 1.165) is 59.9 Å². The van der Waals surface area contributed by atoms with E-state index in [4.69, 9.17) is 9.72 Å². The summed E-state index contributed by atoms with van der Waals surface area (Å²) in [5.74, 6) is 2.44. The van der Waals surface area contributed by atoms with Crippen LogP contribution in [0.3, 0.4) is 0 Å². The van der Waals surface area contributed by atoms with Crippen molar-refractivity contribution in [1.29, 1.82) is 0 Å². The third-order valence-electron chi connectivity index (χ3n) is 6.81. The van der Waals surface area contributed by atoms with Crippen LogP contribution in [0, 0.1) is 6.92 Å². The van der Waals surface area contributed by atoms with E-state index < -0.39 is 0 Å². The number of piperazine rings is 1. The number of benzene rings is 2. The number of nitrogens with one attached hydrogen (secondary N) is 1. The third-order valence-corrected chi connectivity index (χ3v) is 7.73. The van der Waals surface area contributed by atoms with Gasteiger partial charge in [0.25, 0.3) is 5.91 Å². The normalized spacial score (nSPS) is 13.2. The van der Waals surface area contributed by atoms with Crippen LogP contribution in [0.15, 0.2) is 84.1 Å². The Morgan fingerprint density at radius 2 is 1.75 bits per heavy atom. The summed E-state index contributed by atoms with van der Waals surface area (Å²) in [6.45, 7) is 6.19. The Kier molecular flexibility index (Phi) is 9.13. The number of rotatable bonds is 10. The monoisotopic (exact) mass is 554 g/mol. The fourth-order valence-electron chi connectivity index (χ4n) is 4.64. The maximum Gasteiger partial charge on any atom is 0.251 e. The van der Waals surface area contributed by atoms with Crippen molar-refractivity contribution in [3.8, 4) is 5.75 Å². The summed E-state index contributed by atoms with van der Waals surface area (Å²) < 4.78 is 5.28. The largest absolute Gasteiger partial charge is 0.497 e. The average molecular weight is 555 g/mol. The smallest absolute Gasteiger partial charge is 0.251 e. The standard InChI is InChI=1S/C31H34N6O2S/c1-23-20-29(37-18-16-36(17-19-37)27-9-11-28(39-2)12-10-27)35-31(34-23)40-22-24-6-5-7-25(21-24)30(38)33-15-13-26-8-3-4-14-32-26/h3-12,14,20-21H,13,15-19,22H2,1-2H3,(H,33,38). The molecule has 0 radical (unpaired) electrons. The molecule has 8 nitrogen and oxygen atoms in total. The number of thioether (sulfide) groups is 1. The Bertz CT molecular complexity index is 1410. The molecular weight excluding hydrogens is 520 g/mol. The molecule has 4 aromatic rings. The Labute approximate surface area is 239 Å². The highest BCUT2D eigenvalue weighted by atomic mass is 32.2. The Balaban J connectivity index is 1.15. The first-order valence-electron chi connectivity index (χ1n) is 13.5. The van der Waals surface area contributed by atoms with Gasteiger partial charge in [0.05, 0.1) is 7.11 Å². The second-order valence-corrected chi connectivity index (χ2v) is 10.6. The highest BCUT2D eigenvalue weighted by Gasteiger charge is 2.19. The van der Waals surface area contributed by atoms with Crippen LogP contribution in [0.4, 0.5) is 11.5 Å². The molecule has 1 fully saturated rings. The molecule has 1 aliphatic rings. The van der Waals surface area contributed by atoms with Gasteiger partial charge in [0.15, 0.2) is 5.16 Å². The lowest BCUT2D eigenvalue weighted by Gasteiger charge is -2.36. The highest BCUT2D eigenvalue weighted by Crippen LogP contribution is 2.25. The highest BCUT2D eigenvalue weighted by molar-refractivity contribution is 7.98. The Hall–Kier alpha value is -4.11. The minimum atomic E-state index is -0.0781. The van der Waals surface area contributed by atoms with E-state index in [1.54, 1.807) is 25.1 Å². The number of amides is 1. The second kappa shape index (κ2) is 13.3. The molecule has 0 saturated carbocycles. The molecule has 2 aromatic carbocycles. The van der Waals surface area contributed by atoms with Gasteiger partial charge in [-0.3, -0.25) is 9.78 Å². The number of carbonyl (C=O) groups excluding carboxylic acids is 1. The number of hydrogen-bond donors (Lipinski definition) is 1. The van der Waals surface area contributed by atoms with Crippen LogP contribution >= 0.6 is 11.8 Å². The van der Waals surface area contributed by atoms with Gasteiger partial charge in [-0.1, -0.05) is 30.0 Å². The first-order valence-corrected chi connectivity index (χ1v) is 14.5. The summed E-state index contributed by atoms with van der Waals surface area (Å²) in [6, 6.07) is 23.8. The van der Waals surface area contributed by atoms with Crippen molar-refractivity contribution in [3.05, 3.63) is 102 Å². The maximum atomic E-state index is 12.7. The van der Waals surface area contributed by atoms with E-state index in [1.165, 1.54) is 5.69 Å². The molecule has 0 aliphatic carbocycles. The van der Waals surface area contributed by atoms with Gasteiger partial charge in [0.2, 0.25) is 0 Å². The summed E-state index contributed by atoms with van der Waals surface area (Å²) >= 11 is 1.59. The topological polar surface area (TPSA) is 83.5 Å². The van der Waals surface area contributed by atoms with Gasteiger partial charge in [-0.2, -0.15) is 0 Å². The number of aryl methyl sites for hydroxylation is 1. The van der Waals surface area contributed by atoms with Crippen molar-refractivity contribution < 1.29 is 9.53 Å². The van der Waals surface area contributed by atoms with Gasteiger partial charge in [-0.25, -0.2) is 9.97 Å². The summed E-state index contributed by atoms with van der Waals surface area (Å²) in [5.41, 5.74) is 4.83. The van der Waals surface area contributed by atoms with Crippen molar-refractivity contribution in [2.45, 2.75) is 24.3 Å². The average Bonchev–Trinajstić information content (AvgIpc) is 3.00. The quantitative estimate of drug-likeness (QED) is 0.222. The van der Waals surface area contributed by atoms with Crippen LogP contribution in [0.5, 0.6) is 5.75 Å². The number of methoxy groups -OCH3 is 1.